The Labute approximate surface area is 199 Å². The van der Waals surface area contributed by atoms with Gasteiger partial charge in [-0.1, -0.05) is 32.3 Å². The van der Waals surface area contributed by atoms with Gasteiger partial charge in [-0.2, -0.15) is 0 Å². The molecule has 0 aliphatic carbocycles. The van der Waals surface area contributed by atoms with Crippen LogP contribution in [0.25, 0.3) is 0 Å². The first-order chi connectivity index (χ1) is 16.1. The fourth-order valence-corrected chi connectivity index (χ4v) is 3.80. The molecule has 1 aromatic heterocycles. The molecule has 34 heavy (non-hydrogen) atoms. The molecule has 2 amide bonds. The molecule has 0 unspecified atom stereocenters. The first kappa shape index (κ1) is 26.8. The first-order valence-electron chi connectivity index (χ1n) is 10.9. The number of rotatable bonds is 11. The molecule has 0 saturated heterocycles. The van der Waals surface area contributed by atoms with Crippen LogP contribution in [-0.2, 0) is 14.8 Å². The Balaban J connectivity index is 2.01. The smallest absolute Gasteiger partial charge is 0.431 e. The van der Waals surface area contributed by atoms with Gasteiger partial charge in [0.1, 0.15) is 0 Å². The lowest BCUT2D eigenvalue weighted by Gasteiger charge is -2.10. The summed E-state index contributed by atoms with van der Waals surface area (Å²) in [5.41, 5.74) is 0.0939. The zero-order chi connectivity index (χ0) is 25.1. The molecule has 11 heteroatoms. The van der Waals surface area contributed by atoms with E-state index in [1.165, 1.54) is 36.4 Å². The molecule has 2 aromatic rings. The van der Waals surface area contributed by atoms with Gasteiger partial charge in [0.15, 0.2) is 0 Å². The second kappa shape index (κ2) is 12.7. The minimum atomic E-state index is -4.25. The van der Waals surface area contributed by atoms with Crippen molar-refractivity contribution in [2.75, 3.05) is 6.54 Å². The molecule has 1 aromatic carbocycles. The Hall–Kier alpha value is -3.47. The lowest BCUT2D eigenvalue weighted by Crippen LogP contribution is -2.31. The van der Waals surface area contributed by atoms with Crippen molar-refractivity contribution in [3.8, 4) is 5.88 Å². The number of nitrogens with one attached hydrogen (secondary N) is 2. The third-order valence-electron chi connectivity index (χ3n) is 4.47. The van der Waals surface area contributed by atoms with E-state index in [2.05, 4.69) is 17.2 Å². The number of nitrogens with zero attached hydrogens (tertiary/aromatic N) is 1. The van der Waals surface area contributed by atoms with Crippen LogP contribution in [0.5, 0.6) is 5.88 Å². The van der Waals surface area contributed by atoms with Crippen molar-refractivity contribution in [1.82, 2.24) is 15.0 Å². The van der Waals surface area contributed by atoms with Crippen LogP contribution >= 0.6 is 0 Å². The average Bonchev–Trinajstić information content (AvgIpc) is 2.78. The minimum Gasteiger partial charge on any atom is -0.431 e. The maximum Gasteiger partial charge on any atom is 0.515 e. The van der Waals surface area contributed by atoms with Crippen molar-refractivity contribution in [2.45, 2.75) is 57.5 Å². The number of unbranched alkanes of at least 4 members (excludes halogenated alkanes) is 3. The number of hydrogen-bond donors (Lipinski definition) is 2. The van der Waals surface area contributed by atoms with Crippen LogP contribution in [0, 0.1) is 0 Å². The third-order valence-corrected chi connectivity index (χ3v) is 5.80. The van der Waals surface area contributed by atoms with E-state index in [4.69, 9.17) is 9.47 Å². The quantitative estimate of drug-likeness (QED) is 0.360. The van der Waals surface area contributed by atoms with E-state index < -0.39 is 28.0 Å². The summed E-state index contributed by atoms with van der Waals surface area (Å²) in [5, 5.41) is 2.76. The first-order valence-corrected chi connectivity index (χ1v) is 12.4. The molecule has 0 bridgehead atoms. The number of amides is 2. The van der Waals surface area contributed by atoms with Crippen molar-refractivity contribution in [3.05, 3.63) is 53.7 Å². The number of ether oxygens (including phenoxy) is 2. The second-order valence-corrected chi connectivity index (χ2v) is 9.37. The lowest BCUT2D eigenvalue weighted by atomic mass is 10.2. The van der Waals surface area contributed by atoms with Gasteiger partial charge >= 0.3 is 6.16 Å². The van der Waals surface area contributed by atoms with Gasteiger partial charge in [0.05, 0.1) is 16.6 Å². The Morgan fingerprint density at radius 3 is 2.41 bits per heavy atom. The van der Waals surface area contributed by atoms with Crippen LogP contribution in [0.4, 0.5) is 4.79 Å². The zero-order valence-corrected chi connectivity index (χ0v) is 20.2. The van der Waals surface area contributed by atoms with E-state index in [0.29, 0.717) is 6.54 Å². The highest BCUT2D eigenvalue weighted by atomic mass is 32.2. The molecule has 184 valence electrons. The summed E-state index contributed by atoms with van der Waals surface area (Å²) in [4.78, 5) is 39.8. The molecule has 2 N–H and O–H groups in total. The molecule has 0 aliphatic heterocycles. The molecule has 0 saturated carbocycles. The highest BCUT2D eigenvalue weighted by molar-refractivity contribution is 7.90. The zero-order valence-electron chi connectivity index (χ0n) is 19.4. The molecule has 0 aliphatic rings. The Morgan fingerprint density at radius 2 is 1.76 bits per heavy atom. The molecular formula is C23H29N3O7S. The van der Waals surface area contributed by atoms with Crippen LogP contribution in [0.3, 0.4) is 0 Å². The van der Waals surface area contributed by atoms with Gasteiger partial charge < -0.3 is 14.8 Å². The van der Waals surface area contributed by atoms with Crippen LogP contribution in [0.1, 0.15) is 67.2 Å². The predicted molar refractivity (Wildman–Crippen MR) is 124 cm³/mol. The Morgan fingerprint density at radius 1 is 1.00 bits per heavy atom. The Kier molecular flexibility index (Phi) is 9.99. The van der Waals surface area contributed by atoms with E-state index in [9.17, 15) is 22.8 Å². The fraction of sp³-hybridized carbons (Fsp3) is 0.391. The summed E-state index contributed by atoms with van der Waals surface area (Å²) in [6.07, 6.45) is 3.74. The minimum absolute atomic E-state index is 0.0749. The van der Waals surface area contributed by atoms with Crippen molar-refractivity contribution in [1.29, 1.82) is 0 Å². The summed E-state index contributed by atoms with van der Waals surface area (Å²) in [6, 6.07) is 7.88. The maximum atomic E-state index is 12.7. The number of benzene rings is 1. The second-order valence-electron chi connectivity index (χ2n) is 7.68. The number of sulfonamides is 1. The summed E-state index contributed by atoms with van der Waals surface area (Å²) in [7, 11) is -4.25. The molecule has 1 heterocycles. The highest BCUT2D eigenvalue weighted by Gasteiger charge is 2.21. The highest BCUT2D eigenvalue weighted by Crippen LogP contribution is 2.14. The summed E-state index contributed by atoms with van der Waals surface area (Å²) in [5.74, 6) is -1.44. The molecule has 0 atom stereocenters. The fourth-order valence-electron chi connectivity index (χ4n) is 2.78. The summed E-state index contributed by atoms with van der Waals surface area (Å²) in [6.45, 7) is 5.89. The van der Waals surface area contributed by atoms with Crippen LogP contribution < -0.4 is 14.8 Å². The topological polar surface area (TPSA) is 141 Å². The van der Waals surface area contributed by atoms with E-state index in [1.807, 2.05) is 4.72 Å². The van der Waals surface area contributed by atoms with Crippen molar-refractivity contribution in [3.63, 3.8) is 0 Å². The van der Waals surface area contributed by atoms with E-state index >= 15 is 0 Å². The average molecular weight is 492 g/mol. The third kappa shape index (κ3) is 8.47. The van der Waals surface area contributed by atoms with Gasteiger partial charge in [0.2, 0.25) is 5.88 Å². The van der Waals surface area contributed by atoms with Gasteiger partial charge in [0.25, 0.3) is 21.8 Å². The molecule has 0 radical (unpaired) electrons. The molecule has 10 nitrogen and oxygen atoms in total. The van der Waals surface area contributed by atoms with Crippen LogP contribution in [0.15, 0.2) is 47.5 Å². The molecule has 0 spiro atoms. The summed E-state index contributed by atoms with van der Waals surface area (Å²) < 4.78 is 36.9. The van der Waals surface area contributed by atoms with Crippen molar-refractivity contribution in [2.24, 2.45) is 0 Å². The van der Waals surface area contributed by atoms with E-state index in [0.717, 1.165) is 31.9 Å². The van der Waals surface area contributed by atoms with Crippen molar-refractivity contribution >= 4 is 28.0 Å². The molecule has 2 rings (SSSR count). The van der Waals surface area contributed by atoms with Gasteiger partial charge in [-0.25, -0.2) is 22.9 Å². The maximum absolute atomic E-state index is 12.7. The van der Waals surface area contributed by atoms with Crippen molar-refractivity contribution < 1.29 is 32.3 Å². The largest absolute Gasteiger partial charge is 0.515 e. The number of carbonyl (C=O) groups is 3. The molecule has 0 fully saturated rings. The SMILES string of the molecule is CCCCCCNC(=O)c1cccc(S(=O)(=O)NC(=O)c2ccc(OC(=O)OC(C)C)nc2)c1. The standard InChI is InChI=1S/C23H29N3O7S/c1-4-5-6-7-13-24-21(27)17-9-8-10-19(14-17)34(30,31)26-22(28)18-11-12-20(25-15-18)33-23(29)32-16(2)3/h8-12,14-16H,4-7,13H2,1-3H3,(H,24,27)(H,26,28). The van der Waals surface area contributed by atoms with Gasteiger partial charge in [-0.3, -0.25) is 9.59 Å². The Bertz CT molecular complexity index is 1100. The van der Waals surface area contributed by atoms with Gasteiger partial charge in [0, 0.05) is 24.4 Å². The normalized spacial score (nSPS) is 11.1. The van der Waals surface area contributed by atoms with Gasteiger partial charge in [-0.05, 0) is 44.5 Å². The summed E-state index contributed by atoms with van der Waals surface area (Å²) >= 11 is 0. The van der Waals surface area contributed by atoms with E-state index in [1.54, 1.807) is 13.8 Å². The number of pyridine rings is 1. The number of carbonyl (C=O) groups excluding carboxylic acids is 3. The monoisotopic (exact) mass is 491 g/mol. The van der Waals surface area contributed by atoms with E-state index in [-0.39, 0.29) is 28.0 Å². The van der Waals surface area contributed by atoms with Crippen LogP contribution in [-0.4, -0.2) is 44.0 Å². The van der Waals surface area contributed by atoms with Gasteiger partial charge in [-0.15, -0.1) is 0 Å². The number of aromatic nitrogens is 1. The number of hydrogen-bond acceptors (Lipinski definition) is 8. The van der Waals surface area contributed by atoms with Crippen LogP contribution in [0.2, 0.25) is 0 Å². The molecular weight excluding hydrogens is 462 g/mol. The lowest BCUT2D eigenvalue weighted by molar-refractivity contribution is 0.0715. The predicted octanol–water partition coefficient (Wildman–Crippen LogP) is 3.43.